The number of nitrogens with one attached hydrogen (secondary N) is 1. The molecule has 4 rings (SSSR count). The number of benzene rings is 3. The summed E-state index contributed by atoms with van der Waals surface area (Å²) in [7, 11) is 0. The van der Waals surface area contributed by atoms with Crippen molar-refractivity contribution in [1.29, 1.82) is 0 Å². The Kier molecular flexibility index (Phi) is 8.66. The minimum atomic E-state index is -0.997. The molecule has 0 atom stereocenters. The fourth-order valence-electron chi connectivity index (χ4n) is 3.64. The van der Waals surface area contributed by atoms with E-state index in [1.165, 1.54) is 18.2 Å². The third-order valence-electron chi connectivity index (χ3n) is 5.40. The lowest BCUT2D eigenvalue weighted by Crippen LogP contribution is -2.54. The van der Waals surface area contributed by atoms with Gasteiger partial charge in [0.25, 0.3) is 11.8 Å². The highest BCUT2D eigenvalue weighted by molar-refractivity contribution is 14.1. The van der Waals surface area contributed by atoms with Crippen molar-refractivity contribution in [3.63, 3.8) is 0 Å². The number of hydrogen-bond acceptors (Lipinski definition) is 6. The third kappa shape index (κ3) is 6.15. The van der Waals surface area contributed by atoms with Crippen molar-refractivity contribution in [3.8, 4) is 11.5 Å². The highest BCUT2D eigenvalue weighted by atomic mass is 127. The Hall–Kier alpha value is -3.46. The Morgan fingerprint density at radius 3 is 2.32 bits per heavy atom. The Labute approximate surface area is 245 Å². The molecular formula is C27H20I2N2O7. The summed E-state index contributed by atoms with van der Waals surface area (Å²) in [6, 6.07) is 15.6. The van der Waals surface area contributed by atoms with Crippen molar-refractivity contribution < 1.29 is 33.8 Å². The second-order valence-corrected chi connectivity index (χ2v) is 10.3. The molecule has 3 aromatic rings. The van der Waals surface area contributed by atoms with Gasteiger partial charge in [-0.25, -0.2) is 14.5 Å². The summed E-state index contributed by atoms with van der Waals surface area (Å²) < 4.78 is 12.9. The van der Waals surface area contributed by atoms with E-state index in [9.17, 15) is 19.2 Å². The molecule has 0 radical (unpaired) electrons. The molecule has 4 amide bonds. The van der Waals surface area contributed by atoms with Crippen molar-refractivity contribution in [2.45, 2.75) is 13.5 Å². The van der Waals surface area contributed by atoms with Crippen LogP contribution in [-0.4, -0.2) is 35.5 Å². The lowest BCUT2D eigenvalue weighted by molar-refractivity contribution is -0.122. The number of urea groups is 1. The number of hydrogen-bond donors (Lipinski definition) is 2. The van der Waals surface area contributed by atoms with Crippen LogP contribution in [0, 0.1) is 7.14 Å². The van der Waals surface area contributed by atoms with Crippen molar-refractivity contribution in [1.82, 2.24) is 5.32 Å². The molecule has 1 saturated heterocycles. The van der Waals surface area contributed by atoms with Crippen molar-refractivity contribution in [3.05, 3.63) is 90.1 Å². The molecule has 0 spiro atoms. The number of carboxylic acids is 1. The van der Waals surface area contributed by atoms with Gasteiger partial charge in [-0.2, -0.15) is 0 Å². The Morgan fingerprint density at radius 2 is 1.68 bits per heavy atom. The Balaban J connectivity index is 1.57. The predicted molar refractivity (Wildman–Crippen MR) is 156 cm³/mol. The largest absolute Gasteiger partial charge is 0.494 e. The minimum absolute atomic E-state index is 0.190. The summed E-state index contributed by atoms with van der Waals surface area (Å²) in [4.78, 5) is 50.3. The fourth-order valence-corrected chi connectivity index (χ4v) is 5.77. The van der Waals surface area contributed by atoms with Crippen molar-refractivity contribution in [2.75, 3.05) is 11.5 Å². The van der Waals surface area contributed by atoms with Crippen LogP contribution in [0.3, 0.4) is 0 Å². The number of aromatic carboxylic acids is 1. The Bertz CT molecular complexity index is 1450. The van der Waals surface area contributed by atoms with E-state index >= 15 is 0 Å². The topological polar surface area (TPSA) is 122 Å². The van der Waals surface area contributed by atoms with Gasteiger partial charge in [-0.15, -0.1) is 0 Å². The third-order valence-corrected chi connectivity index (χ3v) is 7.01. The zero-order valence-electron chi connectivity index (χ0n) is 19.9. The van der Waals surface area contributed by atoms with Crippen LogP contribution in [0.25, 0.3) is 6.08 Å². The first kappa shape index (κ1) is 27.6. The van der Waals surface area contributed by atoms with E-state index in [1.54, 1.807) is 48.5 Å². The smallest absolute Gasteiger partial charge is 0.335 e. The zero-order chi connectivity index (χ0) is 27.4. The molecule has 194 valence electrons. The van der Waals surface area contributed by atoms with Crippen molar-refractivity contribution >= 4 is 80.8 Å². The quantitative estimate of drug-likeness (QED) is 0.184. The average Bonchev–Trinajstić information content (AvgIpc) is 2.87. The van der Waals surface area contributed by atoms with E-state index in [0.29, 0.717) is 23.7 Å². The highest BCUT2D eigenvalue weighted by Gasteiger charge is 2.37. The first-order valence-electron chi connectivity index (χ1n) is 11.3. The maximum Gasteiger partial charge on any atom is 0.335 e. The standard InChI is InChI=1S/C27H20I2N2O7/c1-2-37-19-5-3-4-18(13-19)31-25(33)20(24(32)30-27(31)36)10-16-11-21(28)23(22(29)12-16)38-14-15-6-8-17(9-7-15)26(34)35/h3-13H,2,14H2,1H3,(H,34,35)(H,30,32,36)/b20-10+. The fraction of sp³-hybridized carbons (Fsp3) is 0.111. The number of rotatable bonds is 8. The molecule has 0 bridgehead atoms. The van der Waals surface area contributed by atoms with Crippen LogP contribution in [0.4, 0.5) is 10.5 Å². The number of carbonyl (C=O) groups excluding carboxylic acids is 3. The van der Waals surface area contributed by atoms with Crippen LogP contribution < -0.4 is 19.7 Å². The summed E-state index contributed by atoms with van der Waals surface area (Å²) in [5, 5.41) is 11.3. The maximum atomic E-state index is 13.3. The highest BCUT2D eigenvalue weighted by Crippen LogP contribution is 2.31. The maximum absolute atomic E-state index is 13.3. The number of halogens is 2. The van der Waals surface area contributed by atoms with Crippen LogP contribution in [0.1, 0.15) is 28.4 Å². The molecule has 0 saturated carbocycles. The molecule has 1 aliphatic rings. The summed E-state index contributed by atoms with van der Waals surface area (Å²) in [6.07, 6.45) is 1.43. The number of nitrogens with zero attached hydrogens (tertiary/aromatic N) is 1. The first-order chi connectivity index (χ1) is 18.2. The molecule has 2 N–H and O–H groups in total. The normalized spacial score (nSPS) is 14.4. The van der Waals surface area contributed by atoms with E-state index in [1.807, 2.05) is 6.92 Å². The second-order valence-electron chi connectivity index (χ2n) is 7.99. The van der Waals surface area contributed by atoms with Gasteiger partial charge in [0.1, 0.15) is 23.7 Å². The summed E-state index contributed by atoms with van der Waals surface area (Å²) in [5.74, 6) is -1.43. The molecular weight excluding hydrogens is 718 g/mol. The predicted octanol–water partition coefficient (Wildman–Crippen LogP) is 5.24. The summed E-state index contributed by atoms with van der Waals surface area (Å²) in [5.41, 5.74) is 1.66. The zero-order valence-corrected chi connectivity index (χ0v) is 24.2. The molecule has 1 fully saturated rings. The van der Waals surface area contributed by atoms with E-state index in [-0.39, 0.29) is 23.4 Å². The average molecular weight is 738 g/mol. The van der Waals surface area contributed by atoms with Crippen LogP contribution in [-0.2, 0) is 16.2 Å². The van der Waals surface area contributed by atoms with E-state index < -0.39 is 23.8 Å². The van der Waals surface area contributed by atoms with Crippen molar-refractivity contribution in [2.24, 2.45) is 0 Å². The molecule has 9 nitrogen and oxygen atoms in total. The number of imide groups is 2. The molecule has 1 heterocycles. The van der Waals surface area contributed by atoms with Crippen LogP contribution in [0.5, 0.6) is 11.5 Å². The monoisotopic (exact) mass is 738 g/mol. The van der Waals surface area contributed by atoms with Gasteiger partial charge in [0, 0.05) is 6.07 Å². The molecule has 3 aromatic carbocycles. The van der Waals surface area contributed by atoms with Gasteiger partial charge in [0.2, 0.25) is 0 Å². The van der Waals surface area contributed by atoms with Gasteiger partial charge in [-0.3, -0.25) is 14.9 Å². The number of carbonyl (C=O) groups is 4. The minimum Gasteiger partial charge on any atom is -0.494 e. The van der Waals surface area contributed by atoms with E-state index in [2.05, 4.69) is 50.5 Å². The molecule has 0 aliphatic carbocycles. The Morgan fingerprint density at radius 1 is 1.00 bits per heavy atom. The van der Waals surface area contributed by atoms with E-state index in [4.69, 9.17) is 14.6 Å². The summed E-state index contributed by atoms with van der Waals surface area (Å²) >= 11 is 4.20. The number of barbiturate groups is 1. The van der Waals surface area contributed by atoms with Gasteiger partial charge >= 0.3 is 12.0 Å². The SMILES string of the molecule is CCOc1cccc(N2C(=O)NC(=O)/C(=C\c3cc(I)c(OCc4ccc(C(=O)O)cc4)c(I)c3)C2=O)c1. The lowest BCUT2D eigenvalue weighted by Gasteiger charge is -2.26. The van der Waals surface area contributed by atoms with Crippen LogP contribution >= 0.6 is 45.2 Å². The summed E-state index contributed by atoms with van der Waals surface area (Å²) in [6.45, 7) is 2.47. The molecule has 0 unspecified atom stereocenters. The van der Waals surface area contributed by atoms with Crippen LogP contribution in [0.2, 0.25) is 0 Å². The molecule has 0 aromatic heterocycles. The van der Waals surface area contributed by atoms with Gasteiger partial charge in [0.05, 0.1) is 25.0 Å². The number of anilines is 1. The molecule has 11 heteroatoms. The van der Waals surface area contributed by atoms with Gasteiger partial charge in [-0.05, 0) is 106 Å². The van der Waals surface area contributed by atoms with Gasteiger partial charge in [-0.1, -0.05) is 18.2 Å². The molecule has 38 heavy (non-hydrogen) atoms. The lowest BCUT2D eigenvalue weighted by atomic mass is 10.1. The second kappa shape index (κ2) is 11.9. The van der Waals surface area contributed by atoms with Gasteiger partial charge < -0.3 is 14.6 Å². The van der Waals surface area contributed by atoms with Gasteiger partial charge in [0.15, 0.2) is 0 Å². The first-order valence-corrected chi connectivity index (χ1v) is 13.4. The number of ether oxygens (including phenoxy) is 2. The number of carboxylic acid groups (broad SMARTS) is 1. The number of amides is 4. The van der Waals surface area contributed by atoms with E-state index in [0.717, 1.165) is 17.6 Å². The van der Waals surface area contributed by atoms with Crippen LogP contribution in [0.15, 0.2) is 66.2 Å². The molecule has 1 aliphatic heterocycles.